The zero-order chi connectivity index (χ0) is 23.5. The van der Waals surface area contributed by atoms with Crippen molar-refractivity contribution in [2.75, 3.05) is 0 Å². The van der Waals surface area contributed by atoms with Gasteiger partial charge in [-0.2, -0.15) is 0 Å². The highest BCUT2D eigenvalue weighted by Gasteiger charge is 2.19. The van der Waals surface area contributed by atoms with E-state index in [4.69, 9.17) is 0 Å². The summed E-state index contributed by atoms with van der Waals surface area (Å²) in [5.74, 6) is 0. The molecule has 0 aliphatic carbocycles. The van der Waals surface area contributed by atoms with Gasteiger partial charge in [0.25, 0.3) is 0 Å². The third-order valence-electron chi connectivity index (χ3n) is 6.18. The highest BCUT2D eigenvalue weighted by Crippen LogP contribution is 2.46. The van der Waals surface area contributed by atoms with Gasteiger partial charge in [0.2, 0.25) is 0 Å². The summed E-state index contributed by atoms with van der Waals surface area (Å²) in [4.78, 5) is 2.51. The molecule has 34 heavy (non-hydrogen) atoms. The second-order valence-electron chi connectivity index (χ2n) is 8.87. The number of hydrogen-bond acceptors (Lipinski definition) is 1. The number of rotatable bonds is 5. The molecular weight excluding hydrogens is 428 g/mol. The highest BCUT2D eigenvalue weighted by molar-refractivity contribution is 7.99. The Kier molecular flexibility index (Phi) is 6.38. The topological polar surface area (TPSA) is 0 Å². The van der Waals surface area contributed by atoms with Gasteiger partial charge in [0.15, 0.2) is 0 Å². The van der Waals surface area contributed by atoms with Crippen LogP contribution < -0.4 is 0 Å². The Bertz CT molecular complexity index is 1400. The summed E-state index contributed by atoms with van der Waals surface area (Å²) >= 11 is 1.83. The highest BCUT2D eigenvalue weighted by atomic mass is 32.2. The van der Waals surface area contributed by atoms with Gasteiger partial charge < -0.3 is 0 Å². The Balaban J connectivity index is 1.82. The lowest BCUT2D eigenvalue weighted by Crippen LogP contribution is -1.94. The first-order valence-corrected chi connectivity index (χ1v) is 12.5. The van der Waals surface area contributed by atoms with E-state index in [9.17, 15) is 0 Å². The van der Waals surface area contributed by atoms with E-state index in [-0.39, 0.29) is 0 Å². The molecule has 0 heterocycles. The molecule has 5 aromatic rings. The van der Waals surface area contributed by atoms with Crippen molar-refractivity contribution in [2.45, 2.75) is 30.6 Å². The smallest absolute Gasteiger partial charge is 0.0207 e. The standard InChI is InChI=1S/C33H28S/c1-23-9-15-26(16-10-23)30-21-22-31(34-29-7-5-4-6-8-29)33(28-19-13-25(3)14-20-28)32(30)27-17-11-24(2)12-18-27/h4-22H,1-3H3. The van der Waals surface area contributed by atoms with E-state index in [0.717, 1.165) is 0 Å². The minimum atomic E-state index is 1.24. The van der Waals surface area contributed by atoms with E-state index in [2.05, 4.69) is 136 Å². The van der Waals surface area contributed by atoms with E-state index in [1.165, 1.54) is 59.9 Å². The van der Waals surface area contributed by atoms with Gasteiger partial charge in [-0.25, -0.2) is 0 Å². The minimum absolute atomic E-state index is 1.24. The predicted molar refractivity (Wildman–Crippen MR) is 148 cm³/mol. The molecule has 166 valence electrons. The lowest BCUT2D eigenvalue weighted by atomic mass is 9.87. The summed E-state index contributed by atoms with van der Waals surface area (Å²) in [6.07, 6.45) is 0. The number of aryl methyl sites for hydroxylation is 3. The first-order valence-electron chi connectivity index (χ1n) is 11.7. The Labute approximate surface area is 207 Å². The average Bonchev–Trinajstić information content (AvgIpc) is 2.86. The normalized spacial score (nSPS) is 10.9. The molecule has 0 fully saturated rings. The van der Waals surface area contributed by atoms with Gasteiger partial charge in [0, 0.05) is 15.4 Å². The molecule has 0 radical (unpaired) electrons. The van der Waals surface area contributed by atoms with Gasteiger partial charge in [0.1, 0.15) is 0 Å². The molecule has 0 saturated carbocycles. The molecule has 0 spiro atoms. The van der Waals surface area contributed by atoms with E-state index in [0.29, 0.717) is 0 Å². The zero-order valence-electron chi connectivity index (χ0n) is 19.9. The maximum atomic E-state index is 2.29. The number of benzene rings is 5. The van der Waals surface area contributed by atoms with Crippen LogP contribution >= 0.6 is 11.8 Å². The second kappa shape index (κ2) is 9.75. The second-order valence-corrected chi connectivity index (χ2v) is 9.99. The van der Waals surface area contributed by atoms with Crippen LogP contribution in [0.5, 0.6) is 0 Å². The molecule has 0 aliphatic heterocycles. The number of hydrogen-bond donors (Lipinski definition) is 0. The molecular formula is C33H28S. The van der Waals surface area contributed by atoms with Gasteiger partial charge in [-0.1, -0.05) is 126 Å². The Morgan fingerprint density at radius 2 is 0.882 bits per heavy atom. The van der Waals surface area contributed by atoms with Crippen molar-refractivity contribution in [2.24, 2.45) is 0 Å². The van der Waals surface area contributed by atoms with Gasteiger partial charge >= 0.3 is 0 Å². The van der Waals surface area contributed by atoms with Crippen LogP contribution in [0.2, 0.25) is 0 Å². The largest absolute Gasteiger partial charge is 0.0894 e. The van der Waals surface area contributed by atoms with Crippen LogP contribution in [0.1, 0.15) is 16.7 Å². The van der Waals surface area contributed by atoms with Crippen molar-refractivity contribution in [1.82, 2.24) is 0 Å². The van der Waals surface area contributed by atoms with E-state index in [1.54, 1.807) is 0 Å². The molecule has 0 saturated heterocycles. The SMILES string of the molecule is Cc1ccc(-c2ccc(Sc3ccccc3)c(-c3ccc(C)cc3)c2-c2ccc(C)cc2)cc1. The maximum absolute atomic E-state index is 2.29. The van der Waals surface area contributed by atoms with Crippen LogP contribution in [0.4, 0.5) is 0 Å². The van der Waals surface area contributed by atoms with Crippen LogP contribution in [-0.2, 0) is 0 Å². The molecule has 0 unspecified atom stereocenters. The van der Waals surface area contributed by atoms with Crippen LogP contribution in [0.3, 0.4) is 0 Å². The summed E-state index contributed by atoms with van der Waals surface area (Å²) in [6.45, 7) is 6.43. The van der Waals surface area contributed by atoms with Crippen LogP contribution in [0.15, 0.2) is 125 Å². The van der Waals surface area contributed by atoms with Crippen molar-refractivity contribution in [1.29, 1.82) is 0 Å². The molecule has 5 rings (SSSR count). The molecule has 5 aromatic carbocycles. The van der Waals surface area contributed by atoms with Gasteiger partial charge in [-0.15, -0.1) is 0 Å². The van der Waals surface area contributed by atoms with Crippen LogP contribution in [0.25, 0.3) is 33.4 Å². The lowest BCUT2D eigenvalue weighted by molar-refractivity contribution is 1.38. The molecule has 0 amide bonds. The summed E-state index contributed by atoms with van der Waals surface area (Å²) < 4.78 is 0. The first kappa shape index (κ1) is 22.3. The van der Waals surface area contributed by atoms with Crippen LogP contribution in [-0.4, -0.2) is 0 Å². The van der Waals surface area contributed by atoms with Crippen LogP contribution in [0, 0.1) is 20.8 Å². The van der Waals surface area contributed by atoms with E-state index < -0.39 is 0 Å². The van der Waals surface area contributed by atoms with Gasteiger partial charge in [-0.05, 0) is 66.8 Å². The molecule has 0 N–H and O–H groups in total. The van der Waals surface area contributed by atoms with E-state index >= 15 is 0 Å². The molecule has 0 atom stereocenters. The monoisotopic (exact) mass is 456 g/mol. The van der Waals surface area contributed by atoms with E-state index in [1.807, 2.05) is 11.8 Å². The lowest BCUT2D eigenvalue weighted by Gasteiger charge is -2.20. The molecule has 1 heteroatoms. The maximum Gasteiger partial charge on any atom is 0.0207 e. The molecule has 0 bridgehead atoms. The third-order valence-corrected chi connectivity index (χ3v) is 7.25. The quantitative estimate of drug-likeness (QED) is 0.253. The summed E-state index contributed by atoms with van der Waals surface area (Å²) in [6, 6.07) is 42.0. The fourth-order valence-electron chi connectivity index (χ4n) is 4.28. The third kappa shape index (κ3) is 4.71. The van der Waals surface area contributed by atoms with Crippen molar-refractivity contribution in [3.05, 3.63) is 132 Å². The molecule has 0 aliphatic rings. The Morgan fingerprint density at radius 3 is 1.41 bits per heavy atom. The summed E-state index contributed by atoms with van der Waals surface area (Å²) in [5.41, 5.74) is 11.4. The molecule has 0 aromatic heterocycles. The van der Waals surface area contributed by atoms with Gasteiger partial charge in [0.05, 0.1) is 0 Å². The summed E-state index contributed by atoms with van der Waals surface area (Å²) in [7, 11) is 0. The predicted octanol–water partition coefficient (Wildman–Crippen LogP) is 9.76. The fraction of sp³-hybridized carbons (Fsp3) is 0.0909. The zero-order valence-corrected chi connectivity index (χ0v) is 20.7. The van der Waals surface area contributed by atoms with Crippen molar-refractivity contribution < 1.29 is 0 Å². The Hall–Kier alpha value is -3.55. The first-order chi connectivity index (χ1) is 16.6. The average molecular weight is 457 g/mol. The van der Waals surface area contributed by atoms with Crippen molar-refractivity contribution in [3.63, 3.8) is 0 Å². The van der Waals surface area contributed by atoms with Crippen molar-refractivity contribution in [3.8, 4) is 33.4 Å². The van der Waals surface area contributed by atoms with Crippen molar-refractivity contribution >= 4 is 11.8 Å². The van der Waals surface area contributed by atoms with Gasteiger partial charge in [-0.3, -0.25) is 0 Å². The Morgan fingerprint density at radius 1 is 0.412 bits per heavy atom. The fourth-order valence-corrected chi connectivity index (χ4v) is 5.29. The molecule has 0 nitrogen and oxygen atoms in total. The summed E-state index contributed by atoms with van der Waals surface area (Å²) in [5, 5.41) is 0. The minimum Gasteiger partial charge on any atom is -0.0894 e.